The molecule has 0 saturated heterocycles. The fourth-order valence-corrected chi connectivity index (χ4v) is 2.67. The van der Waals surface area contributed by atoms with Gasteiger partial charge in [-0.1, -0.05) is 11.6 Å². The Morgan fingerprint density at radius 2 is 1.72 bits per heavy atom. The van der Waals surface area contributed by atoms with Gasteiger partial charge in [-0.25, -0.2) is 4.79 Å². The van der Waals surface area contributed by atoms with Crippen LogP contribution in [0.15, 0.2) is 36.4 Å². The fourth-order valence-electron chi connectivity index (χ4n) is 2.50. The van der Waals surface area contributed by atoms with Crippen molar-refractivity contribution in [1.82, 2.24) is 4.90 Å². The number of hydrogen-bond acceptors (Lipinski definition) is 4. The molecule has 2 aromatic carbocycles. The monoisotopic (exact) mass is 358 g/mol. The van der Waals surface area contributed by atoms with Gasteiger partial charge in [-0.05, 0) is 36.4 Å². The maximum absolute atomic E-state index is 12.4. The van der Waals surface area contributed by atoms with Gasteiger partial charge in [-0.3, -0.25) is 19.3 Å². The summed E-state index contributed by atoms with van der Waals surface area (Å²) in [5.41, 5.74) is 0.396. The molecule has 1 aliphatic rings. The van der Waals surface area contributed by atoms with Crippen molar-refractivity contribution in [3.8, 4) is 0 Å². The molecule has 126 valence electrons. The predicted molar refractivity (Wildman–Crippen MR) is 89.2 cm³/mol. The molecule has 3 amide bonds. The van der Waals surface area contributed by atoms with Gasteiger partial charge in [0.25, 0.3) is 17.7 Å². The van der Waals surface area contributed by atoms with Crippen molar-refractivity contribution in [3.05, 3.63) is 63.7 Å². The molecule has 0 radical (unpaired) electrons. The zero-order chi connectivity index (χ0) is 18.3. The van der Waals surface area contributed by atoms with Gasteiger partial charge in [-0.2, -0.15) is 0 Å². The third kappa shape index (κ3) is 2.85. The lowest BCUT2D eigenvalue weighted by molar-refractivity contribution is 0.0682. The van der Waals surface area contributed by atoms with Gasteiger partial charge in [0, 0.05) is 17.6 Å². The number of carboxylic acid groups (broad SMARTS) is 1. The van der Waals surface area contributed by atoms with E-state index in [1.165, 1.54) is 43.4 Å². The number of carbonyl (C=O) groups is 4. The summed E-state index contributed by atoms with van der Waals surface area (Å²) in [6.45, 7) is 0. The molecule has 2 aromatic rings. The van der Waals surface area contributed by atoms with Crippen LogP contribution in [0.4, 0.5) is 5.69 Å². The van der Waals surface area contributed by atoms with Crippen LogP contribution in [-0.4, -0.2) is 40.7 Å². The number of hydrogen-bond donors (Lipinski definition) is 2. The lowest BCUT2D eigenvalue weighted by Gasteiger charge is -2.09. The molecule has 0 aromatic heterocycles. The van der Waals surface area contributed by atoms with E-state index < -0.39 is 23.7 Å². The quantitative estimate of drug-likeness (QED) is 0.820. The number of anilines is 1. The number of carboxylic acids is 1. The van der Waals surface area contributed by atoms with Crippen LogP contribution in [0.3, 0.4) is 0 Å². The molecule has 2 N–H and O–H groups in total. The third-order valence-corrected chi connectivity index (χ3v) is 4.05. The molecule has 0 fully saturated rings. The molecule has 0 saturated carbocycles. The summed E-state index contributed by atoms with van der Waals surface area (Å²) in [5.74, 6) is -2.78. The van der Waals surface area contributed by atoms with Crippen LogP contribution in [0.25, 0.3) is 0 Å². The first kappa shape index (κ1) is 16.7. The second-order valence-corrected chi connectivity index (χ2v) is 5.82. The number of benzene rings is 2. The van der Waals surface area contributed by atoms with E-state index in [2.05, 4.69) is 5.32 Å². The first-order valence-electron chi connectivity index (χ1n) is 7.10. The largest absolute Gasteiger partial charge is 0.478 e. The number of amides is 3. The Bertz CT molecular complexity index is 954. The van der Waals surface area contributed by atoms with Gasteiger partial charge in [-0.15, -0.1) is 0 Å². The van der Waals surface area contributed by atoms with Gasteiger partial charge >= 0.3 is 5.97 Å². The molecule has 7 nitrogen and oxygen atoms in total. The number of nitrogens with zero attached hydrogens (tertiary/aromatic N) is 1. The molecule has 0 aliphatic carbocycles. The lowest BCUT2D eigenvalue weighted by Crippen LogP contribution is -2.24. The summed E-state index contributed by atoms with van der Waals surface area (Å²) >= 11 is 5.77. The molecule has 3 rings (SSSR count). The Kier molecular flexibility index (Phi) is 4.02. The molecular weight excluding hydrogens is 348 g/mol. The van der Waals surface area contributed by atoms with Crippen LogP contribution in [0.2, 0.25) is 5.02 Å². The summed E-state index contributed by atoms with van der Waals surface area (Å²) < 4.78 is 0. The normalized spacial score (nSPS) is 13.0. The Labute approximate surface area is 146 Å². The summed E-state index contributed by atoms with van der Waals surface area (Å²) in [7, 11) is 1.36. The number of fused-ring (bicyclic) bond motifs is 1. The van der Waals surface area contributed by atoms with E-state index in [-0.39, 0.29) is 33.0 Å². The van der Waals surface area contributed by atoms with Gasteiger partial charge in [0.15, 0.2) is 0 Å². The van der Waals surface area contributed by atoms with Crippen molar-refractivity contribution >= 4 is 41.0 Å². The molecule has 25 heavy (non-hydrogen) atoms. The predicted octanol–water partition coefficient (Wildman–Crippen LogP) is 2.52. The van der Waals surface area contributed by atoms with Crippen LogP contribution in [0.1, 0.15) is 41.4 Å². The number of carbonyl (C=O) groups excluding carboxylic acids is 3. The van der Waals surface area contributed by atoms with Crippen molar-refractivity contribution in [2.24, 2.45) is 0 Å². The Balaban J connectivity index is 1.93. The lowest BCUT2D eigenvalue weighted by atomic mass is 10.0. The molecule has 0 bridgehead atoms. The van der Waals surface area contributed by atoms with E-state index >= 15 is 0 Å². The van der Waals surface area contributed by atoms with E-state index in [0.29, 0.717) is 0 Å². The minimum absolute atomic E-state index is 0.0712. The van der Waals surface area contributed by atoms with E-state index in [9.17, 15) is 24.3 Å². The minimum atomic E-state index is -1.24. The van der Waals surface area contributed by atoms with E-state index in [4.69, 9.17) is 11.6 Å². The molecule has 0 unspecified atom stereocenters. The Hall–Kier alpha value is -3.19. The van der Waals surface area contributed by atoms with Crippen LogP contribution in [0.5, 0.6) is 0 Å². The van der Waals surface area contributed by atoms with E-state index in [1.54, 1.807) is 0 Å². The SMILES string of the molecule is CN1C(=O)c2ccc(C(=O)Nc3ccc(Cl)cc3C(=O)O)cc2C1=O. The summed E-state index contributed by atoms with van der Waals surface area (Å²) in [4.78, 5) is 48.5. The van der Waals surface area contributed by atoms with Crippen molar-refractivity contribution in [1.29, 1.82) is 0 Å². The van der Waals surface area contributed by atoms with Crippen molar-refractivity contribution in [2.75, 3.05) is 12.4 Å². The zero-order valence-electron chi connectivity index (χ0n) is 12.9. The Morgan fingerprint density at radius 3 is 2.40 bits per heavy atom. The number of rotatable bonds is 3. The zero-order valence-corrected chi connectivity index (χ0v) is 13.6. The average Bonchev–Trinajstić information content (AvgIpc) is 2.80. The highest BCUT2D eigenvalue weighted by Crippen LogP contribution is 2.25. The van der Waals surface area contributed by atoms with Gasteiger partial charge in [0.1, 0.15) is 0 Å². The average molecular weight is 359 g/mol. The maximum atomic E-state index is 12.4. The van der Waals surface area contributed by atoms with Gasteiger partial charge in [0.2, 0.25) is 0 Å². The molecular formula is C17H11ClN2O5. The molecule has 1 aliphatic heterocycles. The number of imide groups is 1. The maximum Gasteiger partial charge on any atom is 0.337 e. The number of aromatic carboxylic acids is 1. The second-order valence-electron chi connectivity index (χ2n) is 5.38. The van der Waals surface area contributed by atoms with E-state index in [1.807, 2.05) is 0 Å². The van der Waals surface area contributed by atoms with E-state index in [0.717, 1.165) is 4.90 Å². The number of nitrogens with one attached hydrogen (secondary N) is 1. The topological polar surface area (TPSA) is 104 Å². The van der Waals surface area contributed by atoms with Crippen LogP contribution in [-0.2, 0) is 0 Å². The minimum Gasteiger partial charge on any atom is -0.478 e. The summed E-state index contributed by atoms with van der Waals surface area (Å²) in [6, 6.07) is 8.15. The third-order valence-electron chi connectivity index (χ3n) is 3.81. The van der Waals surface area contributed by atoms with Gasteiger partial charge < -0.3 is 10.4 Å². The van der Waals surface area contributed by atoms with Crippen LogP contribution < -0.4 is 5.32 Å². The van der Waals surface area contributed by atoms with Gasteiger partial charge in [0.05, 0.1) is 22.4 Å². The Morgan fingerprint density at radius 1 is 1.04 bits per heavy atom. The smallest absolute Gasteiger partial charge is 0.337 e. The standard InChI is InChI=1S/C17H11ClN2O5/c1-20-15(22)10-4-2-8(6-11(10)16(20)23)14(21)19-13-5-3-9(18)7-12(13)17(24)25/h2-7H,1H3,(H,19,21)(H,24,25). The second kappa shape index (κ2) is 6.03. The molecule has 1 heterocycles. The molecule has 0 spiro atoms. The molecule has 0 atom stereocenters. The summed E-state index contributed by atoms with van der Waals surface area (Å²) in [6.07, 6.45) is 0. The fraction of sp³-hybridized carbons (Fsp3) is 0.0588. The van der Waals surface area contributed by atoms with Crippen molar-refractivity contribution in [2.45, 2.75) is 0 Å². The van der Waals surface area contributed by atoms with Crippen molar-refractivity contribution in [3.63, 3.8) is 0 Å². The van der Waals surface area contributed by atoms with Crippen LogP contribution >= 0.6 is 11.6 Å². The molecule has 8 heteroatoms. The summed E-state index contributed by atoms with van der Waals surface area (Å²) in [5, 5.41) is 11.9. The van der Waals surface area contributed by atoms with Crippen LogP contribution in [0, 0.1) is 0 Å². The van der Waals surface area contributed by atoms with Crippen molar-refractivity contribution < 1.29 is 24.3 Å². The number of halogens is 1. The highest BCUT2D eigenvalue weighted by molar-refractivity contribution is 6.31. The highest BCUT2D eigenvalue weighted by Gasteiger charge is 2.33. The first-order chi connectivity index (χ1) is 11.8. The first-order valence-corrected chi connectivity index (χ1v) is 7.48. The highest BCUT2D eigenvalue weighted by atomic mass is 35.5.